The second-order valence-corrected chi connectivity index (χ2v) is 9.51. The number of fused-ring (bicyclic) bond motifs is 2. The highest BCUT2D eigenvalue weighted by Gasteiger charge is 2.48. The SMILES string of the molecule is COCOCC(C)(C)C(=O)C(=O)N1C2CCCC1C(=O)N(CCCCc1ccccc1)C2. The number of likely N-dealkylation sites (tertiary alicyclic amines) is 1. The maximum atomic E-state index is 13.2. The number of piperazine rings is 1. The highest BCUT2D eigenvalue weighted by Crippen LogP contribution is 2.32. The number of amides is 2. The molecule has 7 nitrogen and oxygen atoms in total. The Balaban J connectivity index is 1.58. The van der Waals surface area contributed by atoms with Gasteiger partial charge in [0.2, 0.25) is 11.7 Å². The summed E-state index contributed by atoms with van der Waals surface area (Å²) in [5, 5.41) is 0. The van der Waals surface area contributed by atoms with E-state index in [1.807, 2.05) is 23.1 Å². The van der Waals surface area contributed by atoms with Crippen LogP contribution in [0.2, 0.25) is 0 Å². The van der Waals surface area contributed by atoms with E-state index in [-0.39, 0.29) is 25.3 Å². The summed E-state index contributed by atoms with van der Waals surface area (Å²) in [5.41, 5.74) is 0.336. The minimum atomic E-state index is -0.971. The minimum Gasteiger partial charge on any atom is -0.359 e. The predicted octanol–water partition coefficient (Wildman–Crippen LogP) is 2.82. The van der Waals surface area contributed by atoms with Crippen LogP contribution in [0.15, 0.2) is 30.3 Å². The zero-order valence-corrected chi connectivity index (χ0v) is 19.5. The second kappa shape index (κ2) is 11.1. The molecule has 2 amide bonds. The van der Waals surface area contributed by atoms with Crippen molar-refractivity contribution in [1.29, 1.82) is 0 Å². The number of hydrogen-bond acceptors (Lipinski definition) is 5. The molecule has 2 saturated heterocycles. The first-order chi connectivity index (χ1) is 15.3. The molecule has 0 N–H and O–H groups in total. The Hall–Kier alpha value is -2.25. The zero-order valence-electron chi connectivity index (χ0n) is 19.5. The molecule has 2 unspecified atom stereocenters. The molecule has 0 spiro atoms. The number of ketones is 1. The van der Waals surface area contributed by atoms with Crippen molar-refractivity contribution in [3.05, 3.63) is 35.9 Å². The third-order valence-corrected chi connectivity index (χ3v) is 6.47. The Labute approximate surface area is 191 Å². The summed E-state index contributed by atoms with van der Waals surface area (Å²) in [6.07, 6.45) is 5.28. The maximum absolute atomic E-state index is 13.2. The fraction of sp³-hybridized carbons (Fsp3) is 0.640. The molecule has 2 bridgehead atoms. The van der Waals surface area contributed by atoms with Crippen molar-refractivity contribution in [1.82, 2.24) is 9.80 Å². The first kappa shape index (κ1) is 24.4. The average molecular weight is 445 g/mol. The van der Waals surface area contributed by atoms with Gasteiger partial charge in [-0.25, -0.2) is 0 Å². The van der Waals surface area contributed by atoms with Crippen LogP contribution in [-0.2, 0) is 30.3 Å². The highest BCUT2D eigenvalue weighted by molar-refractivity contribution is 6.38. The van der Waals surface area contributed by atoms with E-state index in [0.717, 1.165) is 32.1 Å². The molecule has 2 aliphatic rings. The van der Waals surface area contributed by atoms with Crippen LogP contribution in [0.4, 0.5) is 0 Å². The first-order valence-electron chi connectivity index (χ1n) is 11.6. The lowest BCUT2D eigenvalue weighted by Gasteiger charge is -2.49. The van der Waals surface area contributed by atoms with E-state index < -0.39 is 23.1 Å². The molecule has 2 atom stereocenters. The van der Waals surface area contributed by atoms with Crippen molar-refractivity contribution in [3.8, 4) is 0 Å². The normalized spacial score (nSPS) is 21.0. The summed E-state index contributed by atoms with van der Waals surface area (Å²) in [7, 11) is 1.51. The number of hydrogen-bond donors (Lipinski definition) is 0. The molecular weight excluding hydrogens is 408 g/mol. The number of unbranched alkanes of at least 4 members (excludes halogenated alkanes) is 1. The van der Waals surface area contributed by atoms with Gasteiger partial charge in [0, 0.05) is 20.2 Å². The number of Topliss-reactive ketones (excluding diaryl/α,β-unsaturated/α-hetero) is 1. The summed E-state index contributed by atoms with van der Waals surface area (Å²) in [6, 6.07) is 9.74. The summed E-state index contributed by atoms with van der Waals surface area (Å²) < 4.78 is 10.2. The van der Waals surface area contributed by atoms with Crippen molar-refractivity contribution >= 4 is 17.6 Å². The van der Waals surface area contributed by atoms with Crippen molar-refractivity contribution in [2.75, 3.05) is 33.6 Å². The Morgan fingerprint density at radius 1 is 1.12 bits per heavy atom. The van der Waals surface area contributed by atoms with Gasteiger partial charge in [-0.15, -0.1) is 0 Å². The molecule has 1 aromatic carbocycles. The Morgan fingerprint density at radius 3 is 2.59 bits per heavy atom. The number of benzene rings is 1. The number of carbonyl (C=O) groups excluding carboxylic acids is 3. The van der Waals surface area contributed by atoms with Crippen LogP contribution in [0.3, 0.4) is 0 Å². The Bertz CT molecular complexity index is 795. The molecule has 32 heavy (non-hydrogen) atoms. The van der Waals surface area contributed by atoms with E-state index in [1.54, 1.807) is 18.7 Å². The molecule has 2 aliphatic heterocycles. The van der Waals surface area contributed by atoms with Gasteiger partial charge < -0.3 is 19.3 Å². The highest BCUT2D eigenvalue weighted by atomic mass is 16.7. The van der Waals surface area contributed by atoms with Gasteiger partial charge in [0.15, 0.2) is 0 Å². The number of methoxy groups -OCH3 is 1. The van der Waals surface area contributed by atoms with Gasteiger partial charge in [-0.1, -0.05) is 44.2 Å². The summed E-state index contributed by atoms with van der Waals surface area (Å²) >= 11 is 0. The van der Waals surface area contributed by atoms with Crippen LogP contribution < -0.4 is 0 Å². The predicted molar refractivity (Wildman–Crippen MR) is 121 cm³/mol. The van der Waals surface area contributed by atoms with E-state index in [9.17, 15) is 14.4 Å². The topological polar surface area (TPSA) is 76.1 Å². The number of piperidine rings is 1. The van der Waals surface area contributed by atoms with Crippen LogP contribution in [-0.4, -0.2) is 73.1 Å². The van der Waals surface area contributed by atoms with Gasteiger partial charge in [0.1, 0.15) is 12.8 Å². The fourth-order valence-electron chi connectivity index (χ4n) is 4.69. The molecule has 3 rings (SSSR count). The number of ether oxygens (including phenoxy) is 2. The van der Waals surface area contributed by atoms with E-state index in [2.05, 4.69) is 12.1 Å². The standard InChI is InChI=1S/C25H36N2O5/c1-25(2,17-32-18-31-3)22(28)24(30)27-20-13-9-14-21(27)23(29)26(16-20)15-8-7-12-19-10-5-4-6-11-19/h4-6,10-11,20-21H,7-9,12-18H2,1-3H3. The van der Waals surface area contributed by atoms with Crippen LogP contribution in [0.25, 0.3) is 0 Å². The molecule has 2 heterocycles. The van der Waals surface area contributed by atoms with Gasteiger partial charge in [-0.05, 0) is 44.1 Å². The quantitative estimate of drug-likeness (QED) is 0.298. The van der Waals surface area contributed by atoms with Gasteiger partial charge in [-0.3, -0.25) is 14.4 Å². The fourth-order valence-corrected chi connectivity index (χ4v) is 4.69. The molecule has 0 aromatic heterocycles. The molecule has 1 aromatic rings. The minimum absolute atomic E-state index is 0.0183. The summed E-state index contributed by atoms with van der Waals surface area (Å²) in [6.45, 7) is 4.77. The number of aryl methyl sites for hydroxylation is 1. The molecule has 0 aliphatic carbocycles. The van der Waals surface area contributed by atoms with Crippen molar-refractivity contribution in [3.63, 3.8) is 0 Å². The molecule has 7 heteroatoms. The van der Waals surface area contributed by atoms with Gasteiger partial charge in [-0.2, -0.15) is 0 Å². The van der Waals surface area contributed by atoms with Gasteiger partial charge in [0.05, 0.1) is 18.1 Å². The molecule has 0 radical (unpaired) electrons. The van der Waals surface area contributed by atoms with Crippen LogP contribution in [0, 0.1) is 5.41 Å². The van der Waals surface area contributed by atoms with Crippen LogP contribution in [0.1, 0.15) is 51.5 Å². The summed E-state index contributed by atoms with van der Waals surface area (Å²) in [4.78, 5) is 42.8. The van der Waals surface area contributed by atoms with Gasteiger partial charge in [0.25, 0.3) is 5.91 Å². The number of rotatable bonds is 11. The van der Waals surface area contributed by atoms with Gasteiger partial charge >= 0.3 is 0 Å². The lowest BCUT2D eigenvalue weighted by atomic mass is 9.85. The largest absolute Gasteiger partial charge is 0.359 e. The summed E-state index contributed by atoms with van der Waals surface area (Å²) in [5.74, 6) is -1.08. The Kier molecular flexibility index (Phi) is 8.43. The van der Waals surface area contributed by atoms with E-state index in [1.165, 1.54) is 12.7 Å². The average Bonchev–Trinajstić information content (AvgIpc) is 2.79. The van der Waals surface area contributed by atoms with E-state index in [4.69, 9.17) is 9.47 Å². The van der Waals surface area contributed by atoms with Crippen molar-refractivity contribution < 1.29 is 23.9 Å². The van der Waals surface area contributed by atoms with Crippen molar-refractivity contribution in [2.45, 2.75) is 64.5 Å². The van der Waals surface area contributed by atoms with Crippen LogP contribution in [0.5, 0.6) is 0 Å². The zero-order chi connectivity index (χ0) is 23.1. The lowest BCUT2D eigenvalue weighted by molar-refractivity contribution is -0.166. The van der Waals surface area contributed by atoms with Crippen molar-refractivity contribution in [2.24, 2.45) is 5.41 Å². The lowest BCUT2D eigenvalue weighted by Crippen LogP contribution is -2.67. The molecular formula is C25H36N2O5. The third kappa shape index (κ3) is 5.75. The molecule has 0 saturated carbocycles. The third-order valence-electron chi connectivity index (χ3n) is 6.47. The molecule has 176 valence electrons. The maximum Gasteiger partial charge on any atom is 0.291 e. The second-order valence-electron chi connectivity index (χ2n) is 9.51. The van der Waals surface area contributed by atoms with Crippen LogP contribution >= 0.6 is 0 Å². The molecule has 2 fully saturated rings. The smallest absolute Gasteiger partial charge is 0.291 e. The monoisotopic (exact) mass is 444 g/mol. The van der Waals surface area contributed by atoms with E-state index >= 15 is 0 Å². The first-order valence-corrected chi connectivity index (χ1v) is 11.6. The van der Waals surface area contributed by atoms with E-state index in [0.29, 0.717) is 19.5 Å². The number of carbonyl (C=O) groups is 3. The number of nitrogens with zero attached hydrogens (tertiary/aromatic N) is 2. The Morgan fingerprint density at radius 2 is 1.88 bits per heavy atom.